The summed E-state index contributed by atoms with van der Waals surface area (Å²) in [6.07, 6.45) is 1.55. The van der Waals surface area contributed by atoms with Gasteiger partial charge in [0.15, 0.2) is 0 Å². The lowest BCUT2D eigenvalue weighted by Crippen LogP contribution is -2.46. The van der Waals surface area contributed by atoms with Crippen LogP contribution in [0.25, 0.3) is 10.2 Å². The Morgan fingerprint density at radius 3 is 3.06 bits per heavy atom. The zero-order chi connectivity index (χ0) is 12.5. The molecule has 2 N–H and O–H groups in total. The van der Waals surface area contributed by atoms with Crippen molar-refractivity contribution in [3.63, 3.8) is 0 Å². The van der Waals surface area contributed by atoms with Crippen molar-refractivity contribution in [1.82, 2.24) is 10.3 Å². The number of hydrogen-bond donors (Lipinski definition) is 2. The number of nitrogens with one attached hydrogen (secondary N) is 1. The van der Waals surface area contributed by atoms with E-state index < -0.39 is 5.54 Å². The Morgan fingerprint density at radius 1 is 1.59 bits per heavy atom. The molecule has 2 aromatic rings. The van der Waals surface area contributed by atoms with Gasteiger partial charge in [0.2, 0.25) is 0 Å². The zero-order valence-corrected chi connectivity index (χ0v) is 10.5. The molecule has 0 aromatic carbocycles. The topological polar surface area (TPSA) is 62.2 Å². The number of amides is 1. The van der Waals surface area contributed by atoms with E-state index in [4.69, 9.17) is 5.11 Å². The van der Waals surface area contributed by atoms with Crippen molar-refractivity contribution >= 4 is 27.5 Å². The van der Waals surface area contributed by atoms with Crippen LogP contribution in [0.5, 0.6) is 0 Å². The third-order valence-corrected chi connectivity index (χ3v) is 3.27. The number of aliphatic hydroxyl groups is 1. The maximum Gasteiger partial charge on any atom is 0.253 e. The first kappa shape index (κ1) is 12.0. The van der Waals surface area contributed by atoms with Gasteiger partial charge in [0.05, 0.1) is 27.9 Å². The molecular weight excluding hydrogens is 236 g/mol. The standard InChI is InChI=1S/C12H14N2O2S/c1-12(2,7-15)14-11(16)8-5-10-9(13-6-8)3-4-17-10/h3-6,15H,7H2,1-2H3,(H,14,16). The number of pyridine rings is 1. The van der Waals surface area contributed by atoms with Crippen LogP contribution in [0.3, 0.4) is 0 Å². The second kappa shape index (κ2) is 4.43. The lowest BCUT2D eigenvalue weighted by atomic mass is 10.1. The highest BCUT2D eigenvalue weighted by molar-refractivity contribution is 7.17. The van der Waals surface area contributed by atoms with Gasteiger partial charge in [0, 0.05) is 6.20 Å². The fraction of sp³-hybridized carbons (Fsp3) is 0.333. The van der Waals surface area contributed by atoms with E-state index in [-0.39, 0.29) is 12.5 Å². The lowest BCUT2D eigenvalue weighted by Gasteiger charge is -2.23. The highest BCUT2D eigenvalue weighted by atomic mass is 32.1. The van der Waals surface area contributed by atoms with Gasteiger partial charge in [-0.05, 0) is 31.4 Å². The van der Waals surface area contributed by atoms with Gasteiger partial charge in [-0.25, -0.2) is 0 Å². The Labute approximate surface area is 103 Å². The quantitative estimate of drug-likeness (QED) is 0.873. The number of fused-ring (bicyclic) bond motifs is 1. The molecule has 0 unspecified atom stereocenters. The van der Waals surface area contributed by atoms with Crippen molar-refractivity contribution in [2.75, 3.05) is 6.61 Å². The minimum Gasteiger partial charge on any atom is -0.394 e. The lowest BCUT2D eigenvalue weighted by molar-refractivity contribution is 0.0869. The van der Waals surface area contributed by atoms with Crippen molar-refractivity contribution in [3.8, 4) is 0 Å². The van der Waals surface area contributed by atoms with E-state index >= 15 is 0 Å². The van der Waals surface area contributed by atoms with Crippen molar-refractivity contribution in [3.05, 3.63) is 29.3 Å². The predicted molar refractivity (Wildman–Crippen MR) is 68.3 cm³/mol. The van der Waals surface area contributed by atoms with Gasteiger partial charge in [-0.15, -0.1) is 11.3 Å². The summed E-state index contributed by atoms with van der Waals surface area (Å²) in [5, 5.41) is 13.8. The molecule has 0 fully saturated rings. The molecule has 0 saturated carbocycles. The summed E-state index contributed by atoms with van der Waals surface area (Å²) < 4.78 is 0.986. The van der Waals surface area contributed by atoms with Crippen LogP contribution in [0, 0.1) is 0 Å². The Kier molecular flexibility index (Phi) is 3.13. The van der Waals surface area contributed by atoms with Gasteiger partial charge in [0.1, 0.15) is 0 Å². The van der Waals surface area contributed by atoms with E-state index in [9.17, 15) is 4.79 Å². The van der Waals surface area contributed by atoms with E-state index in [0.29, 0.717) is 5.56 Å². The highest BCUT2D eigenvalue weighted by Crippen LogP contribution is 2.19. The number of rotatable bonds is 3. The molecule has 2 rings (SSSR count). The Balaban J connectivity index is 2.24. The van der Waals surface area contributed by atoms with E-state index in [2.05, 4.69) is 10.3 Å². The van der Waals surface area contributed by atoms with Crippen LogP contribution >= 0.6 is 11.3 Å². The number of aromatic nitrogens is 1. The Bertz CT molecular complexity index is 548. The van der Waals surface area contributed by atoms with Crippen molar-refractivity contribution < 1.29 is 9.90 Å². The third-order valence-electron chi connectivity index (χ3n) is 2.41. The number of carbonyl (C=O) groups excluding carboxylic acids is 1. The number of nitrogens with zero attached hydrogens (tertiary/aromatic N) is 1. The average molecular weight is 250 g/mol. The van der Waals surface area contributed by atoms with Crippen molar-refractivity contribution in [2.24, 2.45) is 0 Å². The summed E-state index contributed by atoms with van der Waals surface area (Å²) in [6, 6.07) is 3.73. The summed E-state index contributed by atoms with van der Waals surface area (Å²) in [7, 11) is 0. The van der Waals surface area contributed by atoms with Crippen molar-refractivity contribution in [1.29, 1.82) is 0 Å². The summed E-state index contributed by atoms with van der Waals surface area (Å²) >= 11 is 1.55. The number of carbonyl (C=O) groups is 1. The molecule has 0 radical (unpaired) electrons. The van der Waals surface area contributed by atoms with Crippen LogP contribution in [-0.2, 0) is 0 Å². The van der Waals surface area contributed by atoms with E-state index in [0.717, 1.165) is 10.2 Å². The molecule has 17 heavy (non-hydrogen) atoms. The number of aliphatic hydroxyl groups excluding tert-OH is 1. The molecule has 5 heteroatoms. The van der Waals surface area contributed by atoms with E-state index in [1.165, 1.54) is 0 Å². The molecule has 0 spiro atoms. The van der Waals surface area contributed by atoms with Gasteiger partial charge in [-0.2, -0.15) is 0 Å². The monoisotopic (exact) mass is 250 g/mol. The zero-order valence-electron chi connectivity index (χ0n) is 9.73. The molecule has 2 aromatic heterocycles. The van der Waals surface area contributed by atoms with Gasteiger partial charge in [-0.3, -0.25) is 9.78 Å². The molecule has 1 amide bonds. The van der Waals surface area contributed by atoms with Crippen molar-refractivity contribution in [2.45, 2.75) is 19.4 Å². The van der Waals surface area contributed by atoms with Crippen LogP contribution in [0.4, 0.5) is 0 Å². The second-order valence-corrected chi connectivity index (χ2v) is 5.47. The largest absolute Gasteiger partial charge is 0.394 e. The fourth-order valence-electron chi connectivity index (χ4n) is 1.39. The van der Waals surface area contributed by atoms with Gasteiger partial charge in [0.25, 0.3) is 5.91 Å². The molecule has 0 atom stereocenters. The molecule has 0 saturated heterocycles. The molecule has 4 nitrogen and oxygen atoms in total. The van der Waals surface area contributed by atoms with E-state index in [1.807, 2.05) is 17.5 Å². The van der Waals surface area contributed by atoms with Crippen LogP contribution in [0.15, 0.2) is 23.7 Å². The smallest absolute Gasteiger partial charge is 0.253 e. The fourth-order valence-corrected chi connectivity index (χ4v) is 2.17. The highest BCUT2D eigenvalue weighted by Gasteiger charge is 2.20. The molecule has 0 aliphatic heterocycles. The van der Waals surface area contributed by atoms with Gasteiger partial charge < -0.3 is 10.4 Å². The maximum absolute atomic E-state index is 11.9. The third kappa shape index (κ3) is 2.62. The Morgan fingerprint density at radius 2 is 2.35 bits per heavy atom. The number of hydrogen-bond acceptors (Lipinski definition) is 4. The average Bonchev–Trinajstić information content (AvgIpc) is 2.75. The Hall–Kier alpha value is -1.46. The normalized spacial score (nSPS) is 11.7. The molecule has 0 aliphatic carbocycles. The van der Waals surface area contributed by atoms with Gasteiger partial charge >= 0.3 is 0 Å². The summed E-state index contributed by atoms with van der Waals surface area (Å²) in [5.74, 6) is -0.216. The first-order chi connectivity index (χ1) is 8.02. The minimum absolute atomic E-state index is 0.104. The van der Waals surface area contributed by atoms with Crippen LogP contribution in [0.2, 0.25) is 0 Å². The SMILES string of the molecule is CC(C)(CO)NC(=O)c1cnc2ccsc2c1. The summed E-state index contributed by atoms with van der Waals surface area (Å²) in [6.45, 7) is 3.43. The minimum atomic E-state index is -0.624. The first-order valence-electron chi connectivity index (χ1n) is 5.28. The summed E-state index contributed by atoms with van der Waals surface area (Å²) in [5.41, 5.74) is 0.788. The molecular formula is C12H14N2O2S. The second-order valence-electron chi connectivity index (χ2n) is 4.52. The predicted octanol–water partition coefficient (Wildman–Crippen LogP) is 1.80. The van der Waals surface area contributed by atoms with Crippen LogP contribution in [-0.4, -0.2) is 28.1 Å². The summed E-state index contributed by atoms with van der Waals surface area (Å²) in [4.78, 5) is 16.1. The maximum atomic E-state index is 11.9. The van der Waals surface area contributed by atoms with Gasteiger partial charge in [-0.1, -0.05) is 0 Å². The molecule has 2 heterocycles. The molecule has 0 aliphatic rings. The van der Waals surface area contributed by atoms with E-state index in [1.54, 1.807) is 31.4 Å². The van der Waals surface area contributed by atoms with Crippen LogP contribution in [0.1, 0.15) is 24.2 Å². The number of thiophene rings is 1. The van der Waals surface area contributed by atoms with Crippen LogP contribution < -0.4 is 5.32 Å². The molecule has 0 bridgehead atoms. The first-order valence-corrected chi connectivity index (χ1v) is 6.16. The molecule has 90 valence electrons.